The average Bonchev–Trinajstić information content (AvgIpc) is 2.76. The highest BCUT2D eigenvalue weighted by atomic mass is 32.1. The van der Waals surface area contributed by atoms with E-state index in [9.17, 15) is 19.7 Å². The second kappa shape index (κ2) is 10.0. The molecule has 0 aliphatic carbocycles. The molecule has 0 unspecified atom stereocenters. The topological polar surface area (TPSA) is 141 Å². The van der Waals surface area contributed by atoms with Crippen molar-refractivity contribution in [3.05, 3.63) is 57.6 Å². The Balaban J connectivity index is 2.06. The molecular weight excluding hydrogens is 416 g/mol. The van der Waals surface area contributed by atoms with Crippen LogP contribution in [0.15, 0.2) is 36.4 Å². The molecule has 0 saturated carbocycles. The van der Waals surface area contributed by atoms with E-state index in [4.69, 9.17) is 26.4 Å². The number of carbonyl (C=O) groups excluding carboxylic acids is 2. The number of carbonyl (C=O) groups is 2. The number of methoxy groups -OCH3 is 3. The van der Waals surface area contributed by atoms with E-state index in [1.54, 1.807) is 0 Å². The number of benzene rings is 2. The molecule has 2 aromatic carbocycles. The van der Waals surface area contributed by atoms with Gasteiger partial charge in [-0.3, -0.25) is 35.9 Å². The summed E-state index contributed by atoms with van der Waals surface area (Å²) in [5, 5.41) is 13.1. The monoisotopic (exact) mass is 434 g/mol. The van der Waals surface area contributed by atoms with Crippen LogP contribution in [0.1, 0.15) is 20.7 Å². The second-order valence-electron chi connectivity index (χ2n) is 5.55. The van der Waals surface area contributed by atoms with Gasteiger partial charge >= 0.3 is 0 Å². The fourth-order valence-corrected chi connectivity index (χ4v) is 2.57. The van der Waals surface area contributed by atoms with Crippen molar-refractivity contribution >= 4 is 34.8 Å². The molecule has 0 aliphatic rings. The minimum Gasteiger partial charge on any atom is -0.493 e. The van der Waals surface area contributed by atoms with Crippen LogP contribution < -0.4 is 30.4 Å². The maximum absolute atomic E-state index is 12.5. The zero-order valence-corrected chi connectivity index (χ0v) is 17.0. The van der Waals surface area contributed by atoms with Crippen molar-refractivity contribution in [2.45, 2.75) is 0 Å². The number of nitro benzene ring substituents is 1. The molecule has 0 spiro atoms. The van der Waals surface area contributed by atoms with Crippen LogP contribution in [0, 0.1) is 10.1 Å². The lowest BCUT2D eigenvalue weighted by Crippen LogP contribution is -2.48. The Hall–Kier alpha value is -3.93. The van der Waals surface area contributed by atoms with E-state index in [1.165, 1.54) is 57.7 Å². The van der Waals surface area contributed by atoms with Crippen molar-refractivity contribution in [2.75, 3.05) is 21.3 Å². The SMILES string of the molecule is COc1cc(C(=O)NC(=S)NNC(=O)c2ccccc2[N+](=O)[O-])cc(OC)c1OC. The standard InChI is InChI=1S/C18H18N4O7S/c1-27-13-8-10(9-14(28-2)15(13)29-3)16(23)19-18(30)21-20-17(24)11-6-4-5-7-12(11)22(25)26/h4-9H,1-3H3,(H,20,24)(H2,19,21,23,30). The first-order chi connectivity index (χ1) is 14.3. The highest BCUT2D eigenvalue weighted by molar-refractivity contribution is 7.80. The molecule has 3 N–H and O–H groups in total. The van der Waals surface area contributed by atoms with Crippen molar-refractivity contribution in [3.8, 4) is 17.2 Å². The number of nitrogens with one attached hydrogen (secondary N) is 3. The van der Waals surface area contributed by atoms with Crippen LogP contribution in [0.3, 0.4) is 0 Å². The van der Waals surface area contributed by atoms with Crippen molar-refractivity contribution in [1.82, 2.24) is 16.2 Å². The molecule has 0 bridgehead atoms. The van der Waals surface area contributed by atoms with Gasteiger partial charge in [-0.2, -0.15) is 0 Å². The van der Waals surface area contributed by atoms with E-state index in [1.807, 2.05) is 0 Å². The van der Waals surface area contributed by atoms with Crippen LogP contribution >= 0.6 is 12.2 Å². The predicted molar refractivity (Wildman–Crippen MR) is 110 cm³/mol. The Morgan fingerprint density at radius 2 is 1.57 bits per heavy atom. The van der Waals surface area contributed by atoms with E-state index in [0.717, 1.165) is 0 Å². The predicted octanol–water partition coefficient (Wildman–Crippen LogP) is 1.57. The summed E-state index contributed by atoms with van der Waals surface area (Å²) in [7, 11) is 4.24. The molecule has 30 heavy (non-hydrogen) atoms. The number of para-hydroxylation sites is 1. The van der Waals surface area contributed by atoms with Gasteiger partial charge in [-0.15, -0.1) is 0 Å². The minimum absolute atomic E-state index is 0.152. The van der Waals surface area contributed by atoms with Gasteiger partial charge in [0.15, 0.2) is 16.6 Å². The molecular formula is C18H18N4O7S. The third kappa shape index (κ3) is 5.11. The van der Waals surface area contributed by atoms with Gasteiger partial charge in [-0.05, 0) is 30.4 Å². The van der Waals surface area contributed by atoms with Gasteiger partial charge in [-0.1, -0.05) is 12.1 Å². The lowest BCUT2D eigenvalue weighted by atomic mass is 10.1. The number of hydrazine groups is 1. The molecule has 2 aromatic rings. The largest absolute Gasteiger partial charge is 0.493 e. The average molecular weight is 434 g/mol. The molecule has 0 aliphatic heterocycles. The molecule has 0 heterocycles. The quantitative estimate of drug-likeness (QED) is 0.351. The first kappa shape index (κ1) is 22.4. The minimum atomic E-state index is -0.799. The highest BCUT2D eigenvalue weighted by Gasteiger charge is 2.20. The van der Waals surface area contributed by atoms with Crippen LogP contribution in [0.4, 0.5) is 5.69 Å². The van der Waals surface area contributed by atoms with Crippen molar-refractivity contribution in [3.63, 3.8) is 0 Å². The first-order valence-corrected chi connectivity index (χ1v) is 8.68. The number of nitro groups is 1. The Labute approximate surface area is 176 Å². The first-order valence-electron chi connectivity index (χ1n) is 8.27. The summed E-state index contributed by atoms with van der Waals surface area (Å²) in [6, 6.07) is 8.24. The van der Waals surface area contributed by atoms with Crippen molar-refractivity contribution < 1.29 is 28.7 Å². The summed E-state index contributed by atoms with van der Waals surface area (Å²) < 4.78 is 15.6. The number of rotatable bonds is 6. The van der Waals surface area contributed by atoms with E-state index >= 15 is 0 Å². The summed E-state index contributed by atoms with van der Waals surface area (Å²) in [6.07, 6.45) is 0. The van der Waals surface area contributed by atoms with Crippen molar-refractivity contribution in [2.24, 2.45) is 0 Å². The van der Waals surface area contributed by atoms with E-state index in [0.29, 0.717) is 5.75 Å². The molecule has 2 amide bonds. The summed E-state index contributed by atoms with van der Waals surface area (Å²) in [4.78, 5) is 35.0. The smallest absolute Gasteiger partial charge is 0.282 e. The Morgan fingerprint density at radius 1 is 0.967 bits per heavy atom. The summed E-state index contributed by atoms with van der Waals surface area (Å²) in [5.41, 5.74) is 4.12. The van der Waals surface area contributed by atoms with Crippen LogP contribution in [0.2, 0.25) is 0 Å². The van der Waals surface area contributed by atoms with Gasteiger partial charge in [-0.25, -0.2) is 0 Å². The summed E-state index contributed by atoms with van der Waals surface area (Å²) >= 11 is 4.98. The Morgan fingerprint density at radius 3 is 2.10 bits per heavy atom. The van der Waals surface area contributed by atoms with Gasteiger partial charge in [0, 0.05) is 11.6 Å². The molecule has 11 nitrogen and oxygen atoms in total. The zero-order valence-electron chi connectivity index (χ0n) is 16.2. The lowest BCUT2D eigenvalue weighted by molar-refractivity contribution is -0.385. The van der Waals surface area contributed by atoms with E-state index in [-0.39, 0.29) is 33.4 Å². The summed E-state index contributed by atoms with van der Waals surface area (Å²) in [5.74, 6) is -0.566. The highest BCUT2D eigenvalue weighted by Crippen LogP contribution is 2.38. The third-order valence-corrected chi connectivity index (χ3v) is 3.99. The Bertz CT molecular complexity index is 971. The second-order valence-corrected chi connectivity index (χ2v) is 5.96. The van der Waals surface area contributed by atoms with E-state index in [2.05, 4.69) is 16.2 Å². The number of ether oxygens (including phenoxy) is 3. The molecule has 158 valence electrons. The zero-order chi connectivity index (χ0) is 22.3. The summed E-state index contributed by atoms with van der Waals surface area (Å²) in [6.45, 7) is 0. The molecule has 0 atom stereocenters. The van der Waals surface area contributed by atoms with Gasteiger partial charge in [0.1, 0.15) is 5.56 Å². The fourth-order valence-electron chi connectivity index (χ4n) is 2.42. The number of thiocarbonyl (C=S) groups is 1. The van der Waals surface area contributed by atoms with Gasteiger partial charge < -0.3 is 14.2 Å². The van der Waals surface area contributed by atoms with Gasteiger partial charge in [0.2, 0.25) is 5.75 Å². The lowest BCUT2D eigenvalue weighted by Gasteiger charge is -2.15. The maximum Gasteiger partial charge on any atom is 0.282 e. The molecule has 2 rings (SSSR count). The van der Waals surface area contributed by atoms with Crippen LogP contribution in [0.25, 0.3) is 0 Å². The van der Waals surface area contributed by atoms with Gasteiger partial charge in [0.05, 0.1) is 26.3 Å². The third-order valence-electron chi connectivity index (χ3n) is 3.79. The van der Waals surface area contributed by atoms with Gasteiger partial charge in [0.25, 0.3) is 17.5 Å². The molecule has 0 radical (unpaired) electrons. The van der Waals surface area contributed by atoms with Crippen LogP contribution in [-0.4, -0.2) is 43.2 Å². The molecule has 0 aromatic heterocycles. The maximum atomic E-state index is 12.5. The van der Waals surface area contributed by atoms with Crippen molar-refractivity contribution in [1.29, 1.82) is 0 Å². The number of nitrogens with zero attached hydrogens (tertiary/aromatic N) is 1. The van der Waals surface area contributed by atoms with E-state index < -0.39 is 16.7 Å². The molecule has 12 heteroatoms. The number of hydrogen-bond acceptors (Lipinski definition) is 8. The van der Waals surface area contributed by atoms with Crippen LogP contribution in [0.5, 0.6) is 17.2 Å². The number of hydrogen-bond donors (Lipinski definition) is 3. The molecule has 0 fully saturated rings. The Kier molecular flexibility index (Phi) is 7.47. The molecule has 0 saturated heterocycles. The number of amides is 2. The van der Waals surface area contributed by atoms with Crippen LogP contribution in [-0.2, 0) is 0 Å². The normalized spacial score (nSPS) is 9.83. The fraction of sp³-hybridized carbons (Fsp3) is 0.167.